The van der Waals surface area contributed by atoms with Gasteiger partial charge in [-0.05, 0) is 32.4 Å². The maximum atomic E-state index is 11.4. The molecule has 0 aromatic rings. The molecule has 0 amide bonds. The van der Waals surface area contributed by atoms with E-state index in [9.17, 15) is 4.79 Å². The van der Waals surface area contributed by atoms with Crippen molar-refractivity contribution in [3.63, 3.8) is 0 Å². The van der Waals surface area contributed by atoms with E-state index >= 15 is 0 Å². The van der Waals surface area contributed by atoms with Crippen molar-refractivity contribution in [3.05, 3.63) is 11.1 Å². The fourth-order valence-corrected chi connectivity index (χ4v) is 2.12. The summed E-state index contributed by atoms with van der Waals surface area (Å²) in [4.78, 5) is 17.6. The van der Waals surface area contributed by atoms with Gasteiger partial charge in [0.1, 0.15) is 5.78 Å². The predicted octanol–water partition coefficient (Wildman–Crippen LogP) is 1.69. The minimum atomic E-state index is 0.0638. The number of nitrogens with zero attached hydrogens (tertiary/aromatic N) is 2. The molecular weight excluding hydrogens is 188 g/mol. The van der Waals surface area contributed by atoms with Crippen LogP contribution in [-0.2, 0) is 4.79 Å². The number of aliphatic imine (C=N–C) groups is 1. The van der Waals surface area contributed by atoms with Crippen LogP contribution >= 0.6 is 0 Å². The highest BCUT2D eigenvalue weighted by atomic mass is 16.1. The second-order valence-electron chi connectivity index (χ2n) is 4.12. The summed E-state index contributed by atoms with van der Waals surface area (Å²) in [7, 11) is 3.79. The molecule has 0 saturated carbocycles. The highest BCUT2D eigenvalue weighted by Gasteiger charge is 2.26. The number of likely N-dealkylation sites (N-methyl/N-ethyl adjacent to an activating group) is 1. The average molecular weight is 208 g/mol. The Labute approximate surface area is 91.9 Å². The Balaban J connectivity index is 2.93. The van der Waals surface area contributed by atoms with E-state index in [1.807, 2.05) is 13.3 Å². The Morgan fingerprint density at radius 2 is 2.33 bits per heavy atom. The smallest absolute Gasteiger partial charge is 0.147 e. The molecule has 1 unspecified atom stereocenters. The number of carbonyl (C=O) groups excluding carboxylic acids is 1. The van der Waals surface area contributed by atoms with Gasteiger partial charge in [-0.3, -0.25) is 14.7 Å². The van der Waals surface area contributed by atoms with Crippen LogP contribution < -0.4 is 0 Å². The van der Waals surface area contributed by atoms with Crippen LogP contribution in [0.5, 0.6) is 0 Å². The summed E-state index contributed by atoms with van der Waals surface area (Å²) in [5.74, 6) is 0.260. The van der Waals surface area contributed by atoms with Crippen molar-refractivity contribution in [2.45, 2.75) is 32.7 Å². The number of hydrogen-bond acceptors (Lipinski definition) is 3. The predicted molar refractivity (Wildman–Crippen MR) is 63.4 cm³/mol. The first kappa shape index (κ1) is 12.1. The molecule has 1 heterocycles. The molecule has 1 aliphatic heterocycles. The molecule has 84 valence electrons. The van der Waals surface area contributed by atoms with Gasteiger partial charge in [-0.15, -0.1) is 0 Å². The lowest BCUT2D eigenvalue weighted by Gasteiger charge is -2.33. The average Bonchev–Trinajstić information content (AvgIpc) is 2.18. The summed E-state index contributed by atoms with van der Waals surface area (Å²) in [6.45, 7) is 4.65. The van der Waals surface area contributed by atoms with Gasteiger partial charge in [-0.1, -0.05) is 12.5 Å². The van der Waals surface area contributed by atoms with Gasteiger partial charge in [0.15, 0.2) is 0 Å². The maximum absolute atomic E-state index is 11.4. The molecule has 1 atom stereocenters. The lowest BCUT2D eigenvalue weighted by molar-refractivity contribution is -0.121. The van der Waals surface area contributed by atoms with Gasteiger partial charge < -0.3 is 0 Å². The summed E-state index contributed by atoms with van der Waals surface area (Å²) >= 11 is 0. The third-order valence-electron chi connectivity index (χ3n) is 3.03. The molecule has 3 heteroatoms. The summed E-state index contributed by atoms with van der Waals surface area (Å²) in [5.41, 5.74) is 2.65. The van der Waals surface area contributed by atoms with Crippen LogP contribution in [0.3, 0.4) is 0 Å². The SMILES string of the molecule is CCC1=C(C=NC)CN(C)C(C(C)=O)C1. The van der Waals surface area contributed by atoms with Crippen LogP contribution in [-0.4, -0.2) is 43.6 Å². The molecule has 0 fully saturated rings. The molecule has 0 radical (unpaired) electrons. The van der Waals surface area contributed by atoms with E-state index in [4.69, 9.17) is 0 Å². The Hall–Kier alpha value is -0.960. The van der Waals surface area contributed by atoms with Gasteiger partial charge in [0.25, 0.3) is 0 Å². The Bertz CT molecular complexity index is 305. The van der Waals surface area contributed by atoms with Gasteiger partial charge in [0.05, 0.1) is 6.04 Å². The molecule has 3 nitrogen and oxygen atoms in total. The standard InChI is InChI=1S/C12H20N2O/c1-5-10-6-12(9(2)15)14(4)8-11(10)7-13-3/h7,12H,5-6,8H2,1-4H3. The minimum Gasteiger partial charge on any atom is -0.298 e. The quantitative estimate of drug-likeness (QED) is 0.661. The number of hydrogen-bond donors (Lipinski definition) is 0. The third-order valence-corrected chi connectivity index (χ3v) is 3.03. The molecule has 0 spiro atoms. The highest BCUT2D eigenvalue weighted by Crippen LogP contribution is 2.24. The maximum Gasteiger partial charge on any atom is 0.147 e. The second kappa shape index (κ2) is 5.21. The fraction of sp³-hybridized carbons (Fsp3) is 0.667. The summed E-state index contributed by atoms with van der Waals surface area (Å²) in [5, 5.41) is 0. The third kappa shape index (κ3) is 2.75. The first-order valence-electron chi connectivity index (χ1n) is 5.43. The van der Waals surface area contributed by atoms with Gasteiger partial charge in [-0.2, -0.15) is 0 Å². The van der Waals surface area contributed by atoms with E-state index in [1.54, 1.807) is 14.0 Å². The van der Waals surface area contributed by atoms with Crippen LogP contribution in [0.4, 0.5) is 0 Å². The molecule has 1 rings (SSSR count). The molecule has 0 aliphatic carbocycles. The molecule has 0 aromatic carbocycles. The number of rotatable bonds is 3. The van der Waals surface area contributed by atoms with Crippen molar-refractivity contribution in [2.24, 2.45) is 4.99 Å². The van der Waals surface area contributed by atoms with Crippen molar-refractivity contribution in [1.29, 1.82) is 0 Å². The van der Waals surface area contributed by atoms with E-state index in [0.717, 1.165) is 19.4 Å². The second-order valence-corrected chi connectivity index (χ2v) is 4.12. The zero-order valence-electron chi connectivity index (χ0n) is 10.1. The van der Waals surface area contributed by atoms with E-state index in [0.29, 0.717) is 0 Å². The van der Waals surface area contributed by atoms with E-state index in [-0.39, 0.29) is 11.8 Å². The van der Waals surface area contributed by atoms with Gasteiger partial charge in [-0.25, -0.2) is 0 Å². The van der Waals surface area contributed by atoms with Crippen LogP contribution in [0.2, 0.25) is 0 Å². The Kier molecular flexibility index (Phi) is 4.21. The fourth-order valence-electron chi connectivity index (χ4n) is 2.12. The van der Waals surface area contributed by atoms with Crippen molar-refractivity contribution < 1.29 is 4.79 Å². The van der Waals surface area contributed by atoms with E-state index in [2.05, 4.69) is 16.8 Å². The van der Waals surface area contributed by atoms with Crippen molar-refractivity contribution in [1.82, 2.24) is 4.90 Å². The van der Waals surface area contributed by atoms with Crippen molar-refractivity contribution in [3.8, 4) is 0 Å². The summed E-state index contributed by atoms with van der Waals surface area (Å²) in [6.07, 6.45) is 3.80. The lowest BCUT2D eigenvalue weighted by atomic mass is 9.91. The molecular formula is C12H20N2O. The number of Topliss-reactive ketones (excluding diaryl/α,β-unsaturated/α-hetero) is 1. The van der Waals surface area contributed by atoms with Gasteiger partial charge >= 0.3 is 0 Å². The van der Waals surface area contributed by atoms with Crippen LogP contribution in [0.25, 0.3) is 0 Å². The summed E-state index contributed by atoms with van der Waals surface area (Å²) < 4.78 is 0. The van der Waals surface area contributed by atoms with E-state index in [1.165, 1.54) is 11.1 Å². The first-order chi connectivity index (χ1) is 7.10. The zero-order chi connectivity index (χ0) is 11.4. The minimum absolute atomic E-state index is 0.0638. The van der Waals surface area contributed by atoms with Crippen LogP contribution in [0, 0.1) is 0 Å². The number of carbonyl (C=O) groups is 1. The monoisotopic (exact) mass is 208 g/mol. The largest absolute Gasteiger partial charge is 0.298 e. The van der Waals surface area contributed by atoms with E-state index < -0.39 is 0 Å². The number of ketones is 1. The Morgan fingerprint density at radius 1 is 1.67 bits per heavy atom. The van der Waals surface area contributed by atoms with Crippen LogP contribution in [0.15, 0.2) is 16.1 Å². The normalized spacial score (nSPS) is 23.9. The first-order valence-corrected chi connectivity index (χ1v) is 5.43. The topological polar surface area (TPSA) is 32.7 Å². The Morgan fingerprint density at radius 3 is 2.80 bits per heavy atom. The molecule has 0 saturated heterocycles. The van der Waals surface area contributed by atoms with Gasteiger partial charge in [0, 0.05) is 19.8 Å². The molecule has 1 aliphatic rings. The van der Waals surface area contributed by atoms with Crippen molar-refractivity contribution in [2.75, 3.05) is 20.6 Å². The molecule has 0 bridgehead atoms. The zero-order valence-corrected chi connectivity index (χ0v) is 10.1. The lowest BCUT2D eigenvalue weighted by Crippen LogP contribution is -2.42. The molecule has 0 N–H and O–H groups in total. The van der Waals surface area contributed by atoms with Gasteiger partial charge in [0.2, 0.25) is 0 Å². The highest BCUT2D eigenvalue weighted by molar-refractivity contribution is 5.85. The van der Waals surface area contributed by atoms with Crippen LogP contribution in [0.1, 0.15) is 26.7 Å². The molecule has 0 aromatic heterocycles. The molecule has 15 heavy (non-hydrogen) atoms. The van der Waals surface area contributed by atoms with Crippen molar-refractivity contribution >= 4 is 12.0 Å². The summed E-state index contributed by atoms with van der Waals surface area (Å²) in [6, 6.07) is 0.0638.